The van der Waals surface area contributed by atoms with Gasteiger partial charge in [0.25, 0.3) is 0 Å². The largest absolute Gasteiger partial charge is 0.494 e. The van der Waals surface area contributed by atoms with E-state index in [1.54, 1.807) is 0 Å². The van der Waals surface area contributed by atoms with E-state index < -0.39 is 0 Å². The van der Waals surface area contributed by atoms with Gasteiger partial charge in [0, 0.05) is 11.3 Å². The second-order valence-corrected chi connectivity index (χ2v) is 6.67. The van der Waals surface area contributed by atoms with Crippen LogP contribution in [0, 0.1) is 20.8 Å². The van der Waals surface area contributed by atoms with E-state index in [0.29, 0.717) is 6.61 Å². The summed E-state index contributed by atoms with van der Waals surface area (Å²) in [6.45, 7) is 9.02. The molecule has 1 atom stereocenters. The summed E-state index contributed by atoms with van der Waals surface area (Å²) in [7, 11) is 0. The predicted octanol–water partition coefficient (Wildman–Crippen LogP) is 4.85. The number of aryl methyl sites for hydroxylation is 3. The van der Waals surface area contributed by atoms with Gasteiger partial charge < -0.3 is 10.1 Å². The first-order valence-corrected chi connectivity index (χ1v) is 8.74. The summed E-state index contributed by atoms with van der Waals surface area (Å²) in [6, 6.07) is 14.9. The van der Waals surface area contributed by atoms with Gasteiger partial charge in [-0.3, -0.25) is 0 Å². The van der Waals surface area contributed by atoms with Crippen molar-refractivity contribution < 1.29 is 4.74 Å². The van der Waals surface area contributed by atoms with E-state index >= 15 is 0 Å². The molecule has 0 saturated heterocycles. The molecule has 4 rings (SSSR count). The number of hydrogen-bond donors (Lipinski definition) is 1. The van der Waals surface area contributed by atoms with Gasteiger partial charge in [0.1, 0.15) is 11.9 Å². The smallest absolute Gasteiger partial charge is 0.147 e. The number of benzene rings is 2. The Labute approximate surface area is 148 Å². The highest BCUT2D eigenvalue weighted by Gasteiger charge is 2.27. The van der Waals surface area contributed by atoms with Crippen molar-refractivity contribution in [2.45, 2.75) is 33.9 Å². The van der Waals surface area contributed by atoms with Gasteiger partial charge in [-0.05, 0) is 63.1 Å². The van der Waals surface area contributed by atoms with Crippen LogP contribution >= 0.6 is 0 Å². The van der Waals surface area contributed by atoms with E-state index in [2.05, 4.69) is 54.2 Å². The summed E-state index contributed by atoms with van der Waals surface area (Å²) in [5.74, 6) is 0.895. The van der Waals surface area contributed by atoms with Crippen LogP contribution in [0.1, 0.15) is 35.5 Å². The highest BCUT2D eigenvalue weighted by molar-refractivity contribution is 5.81. The Balaban J connectivity index is 1.82. The van der Waals surface area contributed by atoms with E-state index in [1.165, 1.54) is 27.9 Å². The molecule has 4 nitrogen and oxygen atoms in total. The molecule has 1 aliphatic heterocycles. The summed E-state index contributed by atoms with van der Waals surface area (Å²) >= 11 is 0. The van der Waals surface area contributed by atoms with Gasteiger partial charge in [-0.1, -0.05) is 23.8 Å². The molecule has 0 radical (unpaired) electrons. The van der Waals surface area contributed by atoms with Crippen molar-refractivity contribution in [3.63, 3.8) is 0 Å². The van der Waals surface area contributed by atoms with Gasteiger partial charge in [-0.2, -0.15) is 5.10 Å². The number of nitrogens with zero attached hydrogens (tertiary/aromatic N) is 2. The summed E-state index contributed by atoms with van der Waals surface area (Å²) < 4.78 is 7.66. The maximum atomic E-state index is 5.57. The molecule has 128 valence electrons. The molecule has 1 unspecified atom stereocenters. The second-order valence-electron chi connectivity index (χ2n) is 6.67. The highest BCUT2D eigenvalue weighted by Crippen LogP contribution is 2.41. The van der Waals surface area contributed by atoms with Crippen LogP contribution in [-0.2, 0) is 0 Å². The van der Waals surface area contributed by atoms with Crippen molar-refractivity contribution in [2.75, 3.05) is 11.9 Å². The number of fused-ring (bicyclic) bond motifs is 3. The summed E-state index contributed by atoms with van der Waals surface area (Å²) in [5, 5.41) is 8.44. The van der Waals surface area contributed by atoms with Gasteiger partial charge in [0.2, 0.25) is 0 Å². The van der Waals surface area contributed by atoms with Crippen molar-refractivity contribution in [3.05, 3.63) is 64.8 Å². The molecule has 1 aliphatic rings. The summed E-state index contributed by atoms with van der Waals surface area (Å²) in [4.78, 5) is 0. The molecule has 25 heavy (non-hydrogen) atoms. The first kappa shape index (κ1) is 15.8. The minimum atomic E-state index is -0.0201. The third kappa shape index (κ3) is 2.68. The molecular weight excluding hydrogens is 310 g/mol. The number of rotatable bonds is 3. The van der Waals surface area contributed by atoms with Crippen LogP contribution in [0.2, 0.25) is 0 Å². The Morgan fingerprint density at radius 2 is 1.84 bits per heavy atom. The van der Waals surface area contributed by atoms with Crippen LogP contribution in [0.4, 0.5) is 5.69 Å². The molecule has 0 bridgehead atoms. The lowest BCUT2D eigenvalue weighted by Crippen LogP contribution is -2.26. The Morgan fingerprint density at radius 1 is 1.08 bits per heavy atom. The summed E-state index contributed by atoms with van der Waals surface area (Å²) in [5.41, 5.74) is 8.30. The lowest BCUT2D eigenvalue weighted by atomic mass is 9.98. The van der Waals surface area contributed by atoms with Crippen LogP contribution in [0.25, 0.3) is 11.3 Å². The Morgan fingerprint density at radius 3 is 2.56 bits per heavy atom. The fourth-order valence-corrected chi connectivity index (χ4v) is 3.61. The van der Waals surface area contributed by atoms with E-state index in [0.717, 1.165) is 17.1 Å². The first-order valence-electron chi connectivity index (χ1n) is 8.74. The maximum absolute atomic E-state index is 5.57. The molecule has 2 heterocycles. The SMILES string of the molecule is CCOc1ccc(C2Nc3c(C)cc(C)cc3-c3cc(C)nn32)cc1. The molecule has 0 aliphatic carbocycles. The minimum absolute atomic E-state index is 0.0201. The molecule has 1 N–H and O–H groups in total. The lowest BCUT2D eigenvalue weighted by molar-refractivity contribution is 0.340. The second kappa shape index (κ2) is 5.96. The van der Waals surface area contributed by atoms with Gasteiger partial charge in [-0.25, -0.2) is 4.68 Å². The van der Waals surface area contributed by atoms with Crippen molar-refractivity contribution in [2.24, 2.45) is 0 Å². The monoisotopic (exact) mass is 333 g/mol. The lowest BCUT2D eigenvalue weighted by Gasteiger charge is -2.30. The first-order chi connectivity index (χ1) is 12.1. The molecule has 0 fully saturated rings. The number of aromatic nitrogens is 2. The van der Waals surface area contributed by atoms with E-state index in [9.17, 15) is 0 Å². The Kier molecular flexibility index (Phi) is 3.75. The molecule has 2 aromatic carbocycles. The Hall–Kier alpha value is -2.75. The van der Waals surface area contributed by atoms with Crippen molar-refractivity contribution in [3.8, 4) is 17.0 Å². The van der Waals surface area contributed by atoms with Gasteiger partial charge >= 0.3 is 0 Å². The van der Waals surface area contributed by atoms with Crippen LogP contribution in [0.15, 0.2) is 42.5 Å². The van der Waals surface area contributed by atoms with Crippen molar-refractivity contribution >= 4 is 5.69 Å². The zero-order valence-electron chi connectivity index (χ0n) is 15.1. The van der Waals surface area contributed by atoms with Gasteiger partial charge in [-0.15, -0.1) is 0 Å². The molecule has 4 heteroatoms. The third-order valence-electron chi connectivity index (χ3n) is 4.65. The molecule has 3 aromatic rings. The normalized spacial score (nSPS) is 15.3. The van der Waals surface area contributed by atoms with Crippen molar-refractivity contribution in [1.82, 2.24) is 9.78 Å². The number of nitrogens with one attached hydrogen (secondary N) is 1. The minimum Gasteiger partial charge on any atom is -0.494 e. The zero-order valence-corrected chi connectivity index (χ0v) is 15.1. The van der Waals surface area contributed by atoms with Crippen LogP contribution < -0.4 is 10.1 Å². The predicted molar refractivity (Wildman–Crippen MR) is 101 cm³/mol. The average molecular weight is 333 g/mol. The van der Waals surface area contributed by atoms with Crippen LogP contribution in [-0.4, -0.2) is 16.4 Å². The molecule has 0 spiro atoms. The number of anilines is 1. The highest BCUT2D eigenvalue weighted by atomic mass is 16.5. The quantitative estimate of drug-likeness (QED) is 0.745. The van der Waals surface area contributed by atoms with E-state index in [-0.39, 0.29) is 6.17 Å². The third-order valence-corrected chi connectivity index (χ3v) is 4.65. The number of ether oxygens (including phenoxy) is 1. The molecule has 0 amide bonds. The van der Waals surface area contributed by atoms with E-state index in [1.807, 2.05) is 26.0 Å². The topological polar surface area (TPSA) is 39.1 Å². The fourth-order valence-electron chi connectivity index (χ4n) is 3.61. The molecular formula is C21H23N3O. The van der Waals surface area contributed by atoms with Crippen molar-refractivity contribution in [1.29, 1.82) is 0 Å². The zero-order chi connectivity index (χ0) is 17.6. The summed E-state index contributed by atoms with van der Waals surface area (Å²) in [6.07, 6.45) is -0.0201. The number of hydrogen-bond acceptors (Lipinski definition) is 3. The van der Waals surface area contributed by atoms with Crippen LogP contribution in [0.3, 0.4) is 0 Å². The van der Waals surface area contributed by atoms with Gasteiger partial charge in [0.05, 0.1) is 18.0 Å². The van der Waals surface area contributed by atoms with E-state index in [4.69, 9.17) is 9.84 Å². The molecule has 1 aromatic heterocycles. The average Bonchev–Trinajstić information content (AvgIpc) is 2.97. The van der Waals surface area contributed by atoms with Gasteiger partial charge in [0.15, 0.2) is 0 Å². The Bertz CT molecular complexity index is 925. The molecule has 0 saturated carbocycles. The van der Waals surface area contributed by atoms with Crippen LogP contribution in [0.5, 0.6) is 5.75 Å². The maximum Gasteiger partial charge on any atom is 0.147 e. The standard InChI is InChI=1S/C21H23N3O/c1-5-25-17-8-6-16(7-9-17)21-22-20-14(3)10-13(2)11-18(20)19-12-15(4)23-24(19)21/h6-12,21-22H,5H2,1-4H3. The fraction of sp³-hybridized carbons (Fsp3) is 0.286.